The first-order chi connectivity index (χ1) is 10.9. The van der Waals surface area contributed by atoms with Crippen molar-refractivity contribution >= 4 is 15.7 Å². The largest absolute Gasteiger partial charge is 0.352 e. The van der Waals surface area contributed by atoms with Crippen molar-refractivity contribution in [1.82, 2.24) is 10.2 Å². The summed E-state index contributed by atoms with van der Waals surface area (Å²) >= 11 is 0. The van der Waals surface area contributed by atoms with Gasteiger partial charge < -0.3 is 5.32 Å². The molecular weight excluding hydrogens is 312 g/mol. The van der Waals surface area contributed by atoms with Gasteiger partial charge in [-0.3, -0.25) is 9.69 Å². The van der Waals surface area contributed by atoms with Crippen molar-refractivity contribution in [2.75, 3.05) is 24.6 Å². The number of rotatable bonds is 7. The average Bonchev–Trinajstić information content (AvgIpc) is 2.87. The lowest BCUT2D eigenvalue weighted by atomic mass is 10.1. The summed E-state index contributed by atoms with van der Waals surface area (Å²) in [6, 6.07) is 8.14. The summed E-state index contributed by atoms with van der Waals surface area (Å²) in [6.45, 7) is 5.95. The van der Waals surface area contributed by atoms with E-state index in [0.717, 1.165) is 12.1 Å². The highest BCUT2D eigenvalue weighted by Crippen LogP contribution is 2.17. The summed E-state index contributed by atoms with van der Waals surface area (Å²) in [5, 5.41) is 2.92. The molecule has 1 aromatic rings. The molecule has 1 heterocycles. The van der Waals surface area contributed by atoms with Gasteiger partial charge in [-0.2, -0.15) is 0 Å². The summed E-state index contributed by atoms with van der Waals surface area (Å²) in [6.07, 6.45) is 1.08. The van der Waals surface area contributed by atoms with E-state index in [-0.39, 0.29) is 23.5 Å². The Kier molecular flexibility index (Phi) is 6.18. The van der Waals surface area contributed by atoms with Crippen molar-refractivity contribution in [3.63, 3.8) is 0 Å². The molecule has 0 radical (unpaired) electrons. The SMILES string of the molecule is CCN(CCC(=O)NCc1ccc(C)cc1)C1CCS(=O)(=O)C1. The van der Waals surface area contributed by atoms with E-state index in [4.69, 9.17) is 0 Å². The molecule has 0 aliphatic carbocycles. The minimum Gasteiger partial charge on any atom is -0.352 e. The Morgan fingerprint density at radius 2 is 2.00 bits per heavy atom. The van der Waals surface area contributed by atoms with Gasteiger partial charge in [0.2, 0.25) is 5.91 Å². The Bertz CT molecular complexity index is 626. The van der Waals surface area contributed by atoms with Gasteiger partial charge >= 0.3 is 0 Å². The number of benzene rings is 1. The predicted octanol–water partition coefficient (Wildman–Crippen LogP) is 1.51. The van der Waals surface area contributed by atoms with E-state index in [1.165, 1.54) is 5.56 Å². The van der Waals surface area contributed by atoms with Crippen molar-refractivity contribution < 1.29 is 13.2 Å². The summed E-state index contributed by atoms with van der Waals surface area (Å²) < 4.78 is 23.2. The Morgan fingerprint density at radius 3 is 2.57 bits per heavy atom. The van der Waals surface area contributed by atoms with Crippen molar-refractivity contribution in [3.05, 3.63) is 35.4 Å². The molecule has 2 rings (SSSR count). The van der Waals surface area contributed by atoms with Crippen molar-refractivity contribution in [3.8, 4) is 0 Å². The van der Waals surface area contributed by atoms with Crippen LogP contribution in [0.15, 0.2) is 24.3 Å². The molecule has 6 heteroatoms. The molecule has 0 aromatic heterocycles. The number of sulfone groups is 1. The van der Waals surface area contributed by atoms with Crippen LogP contribution in [0.3, 0.4) is 0 Å². The van der Waals surface area contributed by atoms with E-state index >= 15 is 0 Å². The number of hydrogen-bond acceptors (Lipinski definition) is 4. The van der Waals surface area contributed by atoms with E-state index in [1.54, 1.807) is 0 Å². The zero-order chi connectivity index (χ0) is 16.9. The van der Waals surface area contributed by atoms with Crippen molar-refractivity contribution in [1.29, 1.82) is 0 Å². The maximum absolute atomic E-state index is 12.0. The smallest absolute Gasteiger partial charge is 0.221 e. The van der Waals surface area contributed by atoms with E-state index < -0.39 is 9.84 Å². The minimum atomic E-state index is -2.88. The maximum Gasteiger partial charge on any atom is 0.221 e. The van der Waals surface area contributed by atoms with Crippen LogP contribution in [-0.2, 0) is 21.2 Å². The van der Waals surface area contributed by atoms with Crippen LogP contribution in [0.4, 0.5) is 0 Å². The molecular formula is C17H26N2O3S. The second kappa shape index (κ2) is 7.93. The zero-order valence-corrected chi connectivity index (χ0v) is 14.7. The zero-order valence-electron chi connectivity index (χ0n) is 13.9. The van der Waals surface area contributed by atoms with Gasteiger partial charge in [0, 0.05) is 25.6 Å². The summed E-state index contributed by atoms with van der Waals surface area (Å²) in [5.74, 6) is 0.504. The lowest BCUT2D eigenvalue weighted by molar-refractivity contribution is -0.121. The Labute approximate surface area is 139 Å². The van der Waals surface area contributed by atoms with Gasteiger partial charge in [0.15, 0.2) is 9.84 Å². The summed E-state index contributed by atoms with van der Waals surface area (Å²) in [5.41, 5.74) is 2.28. The van der Waals surface area contributed by atoms with Gasteiger partial charge in [-0.15, -0.1) is 0 Å². The fraction of sp³-hybridized carbons (Fsp3) is 0.588. The summed E-state index contributed by atoms with van der Waals surface area (Å²) in [4.78, 5) is 14.1. The normalized spacial score (nSPS) is 19.9. The standard InChI is InChI=1S/C17H26N2O3S/c1-3-19(16-9-11-23(21,22)13-16)10-8-17(20)18-12-15-6-4-14(2)5-7-15/h4-7,16H,3,8-13H2,1-2H3,(H,18,20). The third-order valence-corrected chi connectivity index (χ3v) is 6.12. The molecule has 1 aromatic carbocycles. The molecule has 1 aliphatic rings. The molecule has 23 heavy (non-hydrogen) atoms. The fourth-order valence-electron chi connectivity index (χ4n) is 2.90. The van der Waals surface area contributed by atoms with Crippen LogP contribution in [-0.4, -0.2) is 49.9 Å². The number of carbonyl (C=O) groups is 1. The molecule has 5 nitrogen and oxygen atoms in total. The number of hydrogen-bond donors (Lipinski definition) is 1. The van der Waals surface area contributed by atoms with Gasteiger partial charge in [-0.1, -0.05) is 36.8 Å². The van der Waals surface area contributed by atoms with Gasteiger partial charge in [-0.05, 0) is 25.5 Å². The number of amides is 1. The van der Waals surface area contributed by atoms with Crippen molar-refractivity contribution in [2.45, 2.75) is 39.3 Å². The molecule has 1 saturated heterocycles. The van der Waals surface area contributed by atoms with Crippen molar-refractivity contribution in [2.24, 2.45) is 0 Å². The third-order valence-electron chi connectivity index (χ3n) is 4.37. The van der Waals surface area contributed by atoms with Crippen LogP contribution in [0.2, 0.25) is 0 Å². The number of aryl methyl sites for hydroxylation is 1. The van der Waals surface area contributed by atoms with Gasteiger partial charge in [0.1, 0.15) is 0 Å². The van der Waals surface area contributed by atoms with E-state index in [0.29, 0.717) is 25.9 Å². The molecule has 0 saturated carbocycles. The summed E-state index contributed by atoms with van der Waals surface area (Å²) in [7, 11) is -2.88. The Balaban J connectivity index is 1.75. The molecule has 0 spiro atoms. The van der Waals surface area contributed by atoms with E-state index in [9.17, 15) is 13.2 Å². The molecule has 1 unspecified atom stereocenters. The third kappa shape index (κ3) is 5.62. The molecule has 1 fully saturated rings. The highest BCUT2D eigenvalue weighted by atomic mass is 32.2. The Morgan fingerprint density at radius 1 is 1.30 bits per heavy atom. The molecule has 128 valence electrons. The lowest BCUT2D eigenvalue weighted by Crippen LogP contribution is -2.38. The first-order valence-electron chi connectivity index (χ1n) is 8.16. The second-order valence-corrected chi connectivity index (χ2v) is 8.43. The molecule has 1 N–H and O–H groups in total. The molecule has 1 atom stereocenters. The first-order valence-corrected chi connectivity index (χ1v) is 9.98. The number of carbonyl (C=O) groups excluding carboxylic acids is 1. The number of nitrogens with zero attached hydrogens (tertiary/aromatic N) is 1. The highest BCUT2D eigenvalue weighted by Gasteiger charge is 2.31. The van der Waals surface area contributed by atoms with Gasteiger partial charge in [0.25, 0.3) is 0 Å². The van der Waals surface area contributed by atoms with E-state index in [1.807, 2.05) is 38.1 Å². The van der Waals surface area contributed by atoms with Crippen LogP contribution >= 0.6 is 0 Å². The lowest BCUT2D eigenvalue weighted by Gasteiger charge is -2.26. The number of nitrogens with one attached hydrogen (secondary N) is 1. The first kappa shape index (κ1) is 17.9. The highest BCUT2D eigenvalue weighted by molar-refractivity contribution is 7.91. The van der Waals surface area contributed by atoms with E-state index in [2.05, 4.69) is 10.2 Å². The van der Waals surface area contributed by atoms with Gasteiger partial charge in [0.05, 0.1) is 11.5 Å². The van der Waals surface area contributed by atoms with Crippen LogP contribution in [0.5, 0.6) is 0 Å². The fourth-order valence-corrected chi connectivity index (χ4v) is 4.66. The van der Waals surface area contributed by atoms with Crippen LogP contribution in [0, 0.1) is 6.92 Å². The monoisotopic (exact) mass is 338 g/mol. The van der Waals surface area contributed by atoms with Crippen LogP contribution in [0.1, 0.15) is 30.9 Å². The Hall–Kier alpha value is -1.40. The quantitative estimate of drug-likeness (QED) is 0.818. The second-order valence-electron chi connectivity index (χ2n) is 6.20. The topological polar surface area (TPSA) is 66.5 Å². The molecule has 1 amide bonds. The van der Waals surface area contributed by atoms with Crippen LogP contribution in [0.25, 0.3) is 0 Å². The average molecular weight is 338 g/mol. The van der Waals surface area contributed by atoms with Gasteiger partial charge in [-0.25, -0.2) is 8.42 Å². The molecule has 0 bridgehead atoms. The molecule has 1 aliphatic heterocycles. The maximum atomic E-state index is 12.0. The minimum absolute atomic E-state index is 0.00452. The van der Waals surface area contributed by atoms with Crippen LogP contribution < -0.4 is 5.32 Å². The predicted molar refractivity (Wildman–Crippen MR) is 91.9 cm³/mol.